The van der Waals surface area contributed by atoms with Gasteiger partial charge >= 0.3 is 0 Å². The molecule has 0 unspecified atom stereocenters. The van der Waals surface area contributed by atoms with Gasteiger partial charge in [-0.1, -0.05) is 11.6 Å². The highest BCUT2D eigenvalue weighted by molar-refractivity contribution is 7.89. The molecule has 0 fully saturated rings. The minimum atomic E-state index is -3.45. The Balaban J connectivity index is 3.02. The Kier molecular flexibility index (Phi) is 3.27. The third kappa shape index (κ3) is 2.67. The van der Waals surface area contributed by atoms with Crippen LogP contribution in [0.2, 0.25) is 5.02 Å². The lowest BCUT2D eigenvalue weighted by molar-refractivity contribution is 0.570. The zero-order chi connectivity index (χ0) is 9.90. The van der Waals surface area contributed by atoms with E-state index in [1.165, 1.54) is 31.3 Å². The average molecular weight is 221 g/mol. The van der Waals surface area contributed by atoms with Crippen LogP contribution in [-0.2, 0) is 10.0 Å². The highest BCUT2D eigenvalue weighted by atomic mass is 35.5. The molecule has 0 aromatic heterocycles. The van der Waals surface area contributed by atoms with E-state index in [9.17, 15) is 8.42 Å². The second kappa shape index (κ2) is 4.06. The Labute approximate surface area is 81.9 Å². The van der Waals surface area contributed by atoms with E-state index in [-0.39, 0.29) is 4.90 Å². The van der Waals surface area contributed by atoms with E-state index in [2.05, 4.69) is 10.3 Å². The summed E-state index contributed by atoms with van der Waals surface area (Å²) in [7, 11) is -1.97. The van der Waals surface area contributed by atoms with Crippen LogP contribution in [0.3, 0.4) is 0 Å². The van der Waals surface area contributed by atoms with E-state index in [0.29, 0.717) is 5.02 Å². The summed E-state index contributed by atoms with van der Waals surface area (Å²) in [6.45, 7) is 0. The summed E-state index contributed by atoms with van der Waals surface area (Å²) >= 11 is 5.61. The van der Waals surface area contributed by atoms with E-state index < -0.39 is 10.0 Å². The minimum absolute atomic E-state index is 0.172. The molecule has 72 valence electrons. The molecular weight excluding hydrogens is 212 g/mol. The van der Waals surface area contributed by atoms with E-state index >= 15 is 0 Å². The zero-order valence-corrected chi connectivity index (χ0v) is 8.48. The van der Waals surface area contributed by atoms with Crippen LogP contribution in [-0.4, -0.2) is 15.5 Å². The lowest BCUT2D eigenvalue weighted by Gasteiger charge is -2.04. The van der Waals surface area contributed by atoms with Gasteiger partial charge in [-0.25, -0.2) is 13.8 Å². The fourth-order valence-corrected chi connectivity index (χ4v) is 1.81. The van der Waals surface area contributed by atoms with E-state index in [1.807, 2.05) is 0 Å². The summed E-state index contributed by atoms with van der Waals surface area (Å²) in [6.07, 6.45) is 0. The van der Waals surface area contributed by atoms with Crippen molar-refractivity contribution in [3.05, 3.63) is 29.3 Å². The van der Waals surface area contributed by atoms with Gasteiger partial charge in [0.2, 0.25) is 0 Å². The molecule has 0 aliphatic rings. The maximum atomic E-state index is 11.3. The van der Waals surface area contributed by atoms with Crippen molar-refractivity contribution in [2.45, 2.75) is 4.90 Å². The predicted molar refractivity (Wildman–Crippen MR) is 50.8 cm³/mol. The molecule has 0 amide bonds. The van der Waals surface area contributed by atoms with Crippen molar-refractivity contribution in [2.75, 3.05) is 7.05 Å². The molecule has 0 aliphatic heterocycles. The van der Waals surface area contributed by atoms with Gasteiger partial charge in [-0.2, -0.15) is 0 Å². The second-order valence-electron chi connectivity index (χ2n) is 2.31. The van der Waals surface area contributed by atoms with Crippen molar-refractivity contribution in [3.8, 4) is 0 Å². The largest absolute Gasteiger partial charge is 0.253 e. The van der Waals surface area contributed by atoms with Crippen LogP contribution in [0, 0.1) is 0 Å². The molecule has 1 aromatic carbocycles. The molecule has 13 heavy (non-hydrogen) atoms. The molecule has 0 bridgehead atoms. The molecule has 1 rings (SSSR count). The average Bonchev–Trinajstić information content (AvgIpc) is 2.05. The number of nitrogens with one attached hydrogen (secondary N) is 2. The number of halogens is 1. The summed E-state index contributed by atoms with van der Waals surface area (Å²) in [4.78, 5) is 2.31. The van der Waals surface area contributed by atoms with Gasteiger partial charge in [0.25, 0.3) is 10.0 Å². The smallest absolute Gasteiger partial charge is 0.247 e. The van der Waals surface area contributed by atoms with Crippen molar-refractivity contribution < 1.29 is 8.42 Å². The molecule has 1 aromatic rings. The van der Waals surface area contributed by atoms with Gasteiger partial charge in [0.15, 0.2) is 0 Å². The van der Waals surface area contributed by atoms with Gasteiger partial charge in [-0.3, -0.25) is 0 Å². The molecule has 0 aliphatic carbocycles. The number of benzene rings is 1. The summed E-state index contributed by atoms with van der Waals surface area (Å²) in [5.41, 5.74) is 2.35. The number of hydrazine groups is 1. The summed E-state index contributed by atoms with van der Waals surface area (Å²) in [6, 6.07) is 5.90. The summed E-state index contributed by atoms with van der Waals surface area (Å²) < 4.78 is 22.7. The third-order valence-electron chi connectivity index (χ3n) is 1.36. The Bertz CT molecular complexity index is 374. The van der Waals surface area contributed by atoms with Gasteiger partial charge in [0.1, 0.15) is 0 Å². The number of hydrogen-bond donors (Lipinski definition) is 2. The fourth-order valence-electron chi connectivity index (χ4n) is 0.807. The highest BCUT2D eigenvalue weighted by Gasteiger charge is 2.11. The zero-order valence-electron chi connectivity index (χ0n) is 6.91. The predicted octanol–water partition coefficient (Wildman–Crippen LogP) is 0.753. The molecule has 0 atom stereocenters. The molecule has 0 spiro atoms. The SMILES string of the molecule is CNNS(=O)(=O)c1ccc(Cl)cc1. The Morgan fingerprint density at radius 1 is 1.23 bits per heavy atom. The standard InChI is InChI=1S/C7H9ClN2O2S/c1-9-10-13(11,12)7-4-2-6(8)3-5-7/h2-5,9-10H,1H3. The maximum absolute atomic E-state index is 11.3. The normalized spacial score (nSPS) is 11.5. The number of rotatable bonds is 3. The van der Waals surface area contributed by atoms with E-state index in [4.69, 9.17) is 11.6 Å². The van der Waals surface area contributed by atoms with Gasteiger partial charge in [0, 0.05) is 5.02 Å². The van der Waals surface area contributed by atoms with Crippen molar-refractivity contribution >= 4 is 21.6 Å². The van der Waals surface area contributed by atoms with Gasteiger partial charge in [0.05, 0.1) is 4.90 Å². The molecule has 0 radical (unpaired) electrons. The van der Waals surface area contributed by atoms with Crippen molar-refractivity contribution in [3.63, 3.8) is 0 Å². The first-order valence-electron chi connectivity index (χ1n) is 3.50. The number of sulfonamides is 1. The van der Waals surface area contributed by atoms with Crippen LogP contribution in [0.4, 0.5) is 0 Å². The maximum Gasteiger partial charge on any atom is 0.253 e. The quantitative estimate of drug-likeness (QED) is 0.740. The summed E-state index contributed by atoms with van der Waals surface area (Å²) in [5, 5.41) is 0.503. The molecule has 4 nitrogen and oxygen atoms in total. The van der Waals surface area contributed by atoms with Crippen LogP contribution < -0.4 is 10.3 Å². The molecule has 0 saturated carbocycles. The molecule has 6 heteroatoms. The third-order valence-corrected chi connectivity index (χ3v) is 2.98. The van der Waals surface area contributed by atoms with Gasteiger partial charge in [-0.05, 0) is 31.3 Å². The van der Waals surface area contributed by atoms with Gasteiger partial charge < -0.3 is 0 Å². The van der Waals surface area contributed by atoms with Crippen molar-refractivity contribution in [2.24, 2.45) is 0 Å². The second-order valence-corrected chi connectivity index (χ2v) is 4.43. The first-order chi connectivity index (χ1) is 6.06. The van der Waals surface area contributed by atoms with Crippen LogP contribution in [0.15, 0.2) is 29.2 Å². The molecule has 0 heterocycles. The molecule has 2 N–H and O–H groups in total. The van der Waals surface area contributed by atoms with Crippen LogP contribution >= 0.6 is 11.6 Å². The topological polar surface area (TPSA) is 58.2 Å². The Hall–Kier alpha value is -0.620. The van der Waals surface area contributed by atoms with Crippen molar-refractivity contribution in [1.82, 2.24) is 10.3 Å². The lowest BCUT2D eigenvalue weighted by atomic mass is 10.4. The fraction of sp³-hybridized carbons (Fsp3) is 0.143. The minimum Gasteiger partial charge on any atom is -0.247 e. The monoisotopic (exact) mass is 220 g/mol. The lowest BCUT2D eigenvalue weighted by Crippen LogP contribution is -2.34. The molecule has 0 saturated heterocycles. The van der Waals surface area contributed by atoms with Crippen LogP contribution in [0.25, 0.3) is 0 Å². The van der Waals surface area contributed by atoms with Crippen LogP contribution in [0.1, 0.15) is 0 Å². The Morgan fingerprint density at radius 2 is 1.77 bits per heavy atom. The van der Waals surface area contributed by atoms with Crippen LogP contribution in [0.5, 0.6) is 0 Å². The van der Waals surface area contributed by atoms with E-state index in [0.717, 1.165) is 0 Å². The van der Waals surface area contributed by atoms with Crippen molar-refractivity contribution in [1.29, 1.82) is 0 Å². The first kappa shape index (κ1) is 10.5. The van der Waals surface area contributed by atoms with Gasteiger partial charge in [-0.15, -0.1) is 4.83 Å². The van der Waals surface area contributed by atoms with E-state index in [1.54, 1.807) is 0 Å². The summed E-state index contributed by atoms with van der Waals surface area (Å²) in [5.74, 6) is 0. The number of hydrogen-bond acceptors (Lipinski definition) is 3. The highest BCUT2D eigenvalue weighted by Crippen LogP contribution is 2.12. The Morgan fingerprint density at radius 3 is 2.23 bits per heavy atom. The first-order valence-corrected chi connectivity index (χ1v) is 5.36. The molecular formula is C7H9ClN2O2S.